The van der Waals surface area contributed by atoms with Gasteiger partial charge in [0, 0.05) is 11.1 Å². The Morgan fingerprint density at radius 3 is 2.48 bits per heavy atom. The van der Waals surface area contributed by atoms with Gasteiger partial charge in [-0.1, -0.05) is 6.92 Å². The van der Waals surface area contributed by atoms with Crippen molar-refractivity contribution in [2.45, 2.75) is 38.7 Å². The van der Waals surface area contributed by atoms with Crippen LogP contribution in [0.2, 0.25) is 0 Å². The molecule has 1 N–H and O–H groups in total. The molecule has 1 atom stereocenters. The molecule has 1 unspecified atom stereocenters. The van der Waals surface area contributed by atoms with Crippen LogP contribution < -0.4 is 10.1 Å². The molecule has 0 aromatic heterocycles. The maximum Gasteiger partial charge on any atom is 0.254 e. The molecule has 1 saturated carbocycles. The lowest BCUT2D eigenvalue weighted by atomic mass is 9.65. The number of carbonyl (C=O) groups is 1. The number of nitrogens with one attached hydrogen (secondary N) is 1. The highest BCUT2D eigenvalue weighted by molar-refractivity contribution is 5.95. The van der Waals surface area contributed by atoms with Crippen LogP contribution in [0.4, 0.5) is 5.69 Å². The second kappa shape index (κ2) is 5.68. The number of rotatable bonds is 3. The van der Waals surface area contributed by atoms with E-state index in [9.17, 15) is 4.79 Å². The minimum atomic E-state index is -0.285. The van der Waals surface area contributed by atoms with E-state index in [2.05, 4.69) is 12.2 Å². The van der Waals surface area contributed by atoms with Crippen molar-refractivity contribution in [2.75, 3.05) is 19.0 Å². The fraction of sp³-hybridized carbons (Fsp3) is 0.588. The van der Waals surface area contributed by atoms with Crippen molar-refractivity contribution in [3.63, 3.8) is 0 Å². The van der Waals surface area contributed by atoms with E-state index in [-0.39, 0.29) is 17.4 Å². The molecule has 21 heavy (non-hydrogen) atoms. The monoisotopic (exact) mass is 289 g/mol. The van der Waals surface area contributed by atoms with Gasteiger partial charge in [0.2, 0.25) is 0 Å². The molecule has 1 amide bonds. The number of hydrogen-bond acceptors (Lipinski definition) is 3. The van der Waals surface area contributed by atoms with Crippen molar-refractivity contribution < 1.29 is 14.3 Å². The summed E-state index contributed by atoms with van der Waals surface area (Å²) in [5, 5.41) is 2.96. The molecule has 4 heteroatoms. The van der Waals surface area contributed by atoms with Crippen molar-refractivity contribution >= 4 is 11.6 Å². The van der Waals surface area contributed by atoms with Crippen LogP contribution in [-0.4, -0.2) is 25.7 Å². The molecule has 1 spiro atoms. The van der Waals surface area contributed by atoms with Crippen LogP contribution >= 0.6 is 0 Å². The molecule has 0 bridgehead atoms. The SMILES string of the molecule is COc1ccc(NC(=O)C2OCC23CCC(C)CC3)cc1. The maximum absolute atomic E-state index is 12.4. The normalized spacial score (nSPS) is 31.5. The zero-order valence-electron chi connectivity index (χ0n) is 12.7. The molecular weight excluding hydrogens is 266 g/mol. The first-order chi connectivity index (χ1) is 10.1. The van der Waals surface area contributed by atoms with Crippen molar-refractivity contribution in [1.82, 2.24) is 0 Å². The van der Waals surface area contributed by atoms with Gasteiger partial charge in [-0.15, -0.1) is 0 Å². The van der Waals surface area contributed by atoms with E-state index in [0.29, 0.717) is 0 Å². The molecule has 2 fully saturated rings. The summed E-state index contributed by atoms with van der Waals surface area (Å²) in [7, 11) is 1.63. The second-order valence-corrected chi connectivity index (χ2v) is 6.45. The Balaban J connectivity index is 1.62. The third-order valence-corrected chi connectivity index (χ3v) is 4.96. The van der Waals surface area contributed by atoms with Gasteiger partial charge in [-0.2, -0.15) is 0 Å². The van der Waals surface area contributed by atoms with Crippen molar-refractivity contribution in [1.29, 1.82) is 0 Å². The van der Waals surface area contributed by atoms with Gasteiger partial charge in [-0.3, -0.25) is 4.79 Å². The van der Waals surface area contributed by atoms with Gasteiger partial charge in [-0.05, 0) is 55.9 Å². The average molecular weight is 289 g/mol. The lowest BCUT2D eigenvalue weighted by Crippen LogP contribution is -2.58. The summed E-state index contributed by atoms with van der Waals surface area (Å²) in [6.45, 7) is 3.03. The summed E-state index contributed by atoms with van der Waals surface area (Å²) < 4.78 is 10.7. The van der Waals surface area contributed by atoms with Crippen molar-refractivity contribution in [3.8, 4) is 5.75 Å². The van der Waals surface area contributed by atoms with Crippen molar-refractivity contribution in [3.05, 3.63) is 24.3 Å². The number of methoxy groups -OCH3 is 1. The van der Waals surface area contributed by atoms with Gasteiger partial charge in [0.05, 0.1) is 13.7 Å². The fourth-order valence-electron chi connectivity index (χ4n) is 3.38. The van der Waals surface area contributed by atoms with Crippen LogP contribution in [-0.2, 0) is 9.53 Å². The zero-order chi connectivity index (χ0) is 14.9. The topological polar surface area (TPSA) is 47.6 Å². The molecule has 4 nitrogen and oxygen atoms in total. The predicted octanol–water partition coefficient (Wildman–Crippen LogP) is 3.23. The van der Waals surface area contributed by atoms with E-state index in [1.165, 1.54) is 12.8 Å². The molecule has 2 aliphatic rings. The molecule has 1 aromatic carbocycles. The van der Waals surface area contributed by atoms with E-state index >= 15 is 0 Å². The minimum Gasteiger partial charge on any atom is -0.497 e. The summed E-state index contributed by atoms with van der Waals surface area (Å²) in [6.07, 6.45) is 4.34. The highest BCUT2D eigenvalue weighted by Gasteiger charge is 2.53. The zero-order valence-corrected chi connectivity index (χ0v) is 12.7. The number of ether oxygens (including phenoxy) is 2. The fourth-order valence-corrected chi connectivity index (χ4v) is 3.38. The van der Waals surface area contributed by atoms with Crippen LogP contribution in [0.5, 0.6) is 5.75 Å². The van der Waals surface area contributed by atoms with E-state index in [1.807, 2.05) is 24.3 Å². The van der Waals surface area contributed by atoms with Gasteiger partial charge in [-0.25, -0.2) is 0 Å². The highest BCUT2D eigenvalue weighted by atomic mass is 16.5. The van der Waals surface area contributed by atoms with Gasteiger partial charge in [0.15, 0.2) is 0 Å². The van der Waals surface area contributed by atoms with Crippen LogP contribution in [0.15, 0.2) is 24.3 Å². The molecule has 0 radical (unpaired) electrons. The number of amides is 1. The number of hydrogen-bond donors (Lipinski definition) is 1. The average Bonchev–Trinajstić information content (AvgIpc) is 2.48. The number of anilines is 1. The molecular formula is C17H23NO3. The van der Waals surface area contributed by atoms with Gasteiger partial charge in [0.25, 0.3) is 5.91 Å². The minimum absolute atomic E-state index is 0.0130. The highest BCUT2D eigenvalue weighted by Crippen LogP contribution is 2.48. The lowest BCUT2D eigenvalue weighted by Gasteiger charge is -2.51. The second-order valence-electron chi connectivity index (χ2n) is 6.45. The molecule has 3 rings (SSSR count). The standard InChI is InChI=1S/C17H23NO3/c1-12-7-9-17(10-8-12)11-21-15(17)16(19)18-13-3-5-14(20-2)6-4-13/h3-6,12,15H,7-11H2,1-2H3,(H,18,19). The van der Waals surface area contributed by atoms with Crippen LogP contribution in [0, 0.1) is 11.3 Å². The summed E-state index contributed by atoms with van der Waals surface area (Å²) in [5.41, 5.74) is 0.874. The molecule has 1 saturated heterocycles. The molecule has 1 aromatic rings. The Morgan fingerprint density at radius 2 is 1.95 bits per heavy atom. The first-order valence-corrected chi connectivity index (χ1v) is 7.69. The van der Waals surface area contributed by atoms with E-state index in [1.54, 1.807) is 7.11 Å². The molecule has 1 aliphatic heterocycles. The largest absolute Gasteiger partial charge is 0.497 e. The number of carbonyl (C=O) groups excluding carboxylic acids is 1. The first-order valence-electron chi connectivity index (χ1n) is 7.69. The van der Waals surface area contributed by atoms with Gasteiger partial charge < -0.3 is 14.8 Å². The number of benzene rings is 1. The van der Waals surface area contributed by atoms with Crippen LogP contribution in [0.3, 0.4) is 0 Å². The third kappa shape index (κ3) is 2.77. The smallest absolute Gasteiger partial charge is 0.254 e. The van der Waals surface area contributed by atoms with E-state index < -0.39 is 0 Å². The predicted molar refractivity (Wildman–Crippen MR) is 81.4 cm³/mol. The lowest BCUT2D eigenvalue weighted by molar-refractivity contribution is -0.203. The van der Waals surface area contributed by atoms with Gasteiger partial charge >= 0.3 is 0 Å². The summed E-state index contributed by atoms with van der Waals surface area (Å²) in [4.78, 5) is 12.4. The first kappa shape index (κ1) is 14.4. The van der Waals surface area contributed by atoms with Crippen LogP contribution in [0.1, 0.15) is 32.6 Å². The quantitative estimate of drug-likeness (QED) is 0.929. The summed E-state index contributed by atoms with van der Waals surface area (Å²) in [6, 6.07) is 7.39. The van der Waals surface area contributed by atoms with Gasteiger partial charge in [0.1, 0.15) is 11.9 Å². The van der Waals surface area contributed by atoms with E-state index in [4.69, 9.17) is 9.47 Å². The Labute approximate surface area is 125 Å². The summed E-state index contributed by atoms with van der Waals surface area (Å²) >= 11 is 0. The third-order valence-electron chi connectivity index (χ3n) is 4.96. The Kier molecular flexibility index (Phi) is 3.89. The van der Waals surface area contributed by atoms with Crippen molar-refractivity contribution in [2.24, 2.45) is 11.3 Å². The summed E-state index contributed by atoms with van der Waals surface area (Å²) in [5.74, 6) is 1.55. The molecule has 114 valence electrons. The molecule has 1 aliphatic carbocycles. The Morgan fingerprint density at radius 1 is 1.29 bits per heavy atom. The molecule has 1 heterocycles. The Bertz CT molecular complexity index is 503. The Hall–Kier alpha value is -1.55. The van der Waals surface area contributed by atoms with Crippen LogP contribution in [0.25, 0.3) is 0 Å². The maximum atomic E-state index is 12.4. The van der Waals surface area contributed by atoms with E-state index in [0.717, 1.165) is 36.8 Å².